The van der Waals surface area contributed by atoms with Gasteiger partial charge in [-0.3, -0.25) is 4.79 Å². The van der Waals surface area contributed by atoms with Crippen LogP contribution in [0.2, 0.25) is 0 Å². The quantitative estimate of drug-likeness (QED) is 0.528. The summed E-state index contributed by atoms with van der Waals surface area (Å²) in [6.45, 7) is 6.98. The lowest BCUT2D eigenvalue weighted by molar-refractivity contribution is -0.132. The number of hydrogen-bond donors (Lipinski definition) is 2. The van der Waals surface area contributed by atoms with E-state index in [-0.39, 0.29) is 18.9 Å². The number of hydrogen-bond acceptors (Lipinski definition) is 4. The summed E-state index contributed by atoms with van der Waals surface area (Å²) < 4.78 is 33.6. The van der Waals surface area contributed by atoms with Gasteiger partial charge in [0.05, 0.1) is 12.0 Å². The summed E-state index contributed by atoms with van der Waals surface area (Å²) in [4.78, 5) is 18.2. The molecule has 1 amide bonds. The Morgan fingerprint density at radius 2 is 1.79 bits per heavy atom. The maximum Gasteiger partial charge on any atom is 0.241 e. The van der Waals surface area contributed by atoms with Crippen LogP contribution < -0.4 is 9.46 Å². The number of benzene rings is 2. The van der Waals surface area contributed by atoms with Crippen LogP contribution in [-0.4, -0.2) is 51.0 Å². The van der Waals surface area contributed by atoms with Gasteiger partial charge in [-0.15, -0.1) is 0 Å². The number of methoxy groups -OCH3 is 1. The number of H-pyrrole nitrogens is 1. The van der Waals surface area contributed by atoms with E-state index in [9.17, 15) is 13.2 Å². The van der Waals surface area contributed by atoms with E-state index in [0.29, 0.717) is 35.0 Å². The number of aryl methyl sites for hydroxylation is 3. The van der Waals surface area contributed by atoms with Gasteiger partial charge in [0.25, 0.3) is 0 Å². The Morgan fingerprint density at radius 3 is 2.44 bits per heavy atom. The van der Waals surface area contributed by atoms with Gasteiger partial charge in [-0.05, 0) is 74.4 Å². The van der Waals surface area contributed by atoms with Crippen molar-refractivity contribution in [1.82, 2.24) is 14.6 Å². The largest absolute Gasteiger partial charge is 0.497 e. The molecule has 4 rings (SSSR count). The highest BCUT2D eigenvalue weighted by atomic mass is 32.2. The van der Waals surface area contributed by atoms with Crippen molar-refractivity contribution < 1.29 is 17.9 Å². The Bertz CT molecular complexity index is 1280. The fourth-order valence-corrected chi connectivity index (χ4v) is 6.62. The van der Waals surface area contributed by atoms with E-state index in [2.05, 4.69) is 22.0 Å². The van der Waals surface area contributed by atoms with Crippen LogP contribution in [0.3, 0.4) is 0 Å². The lowest BCUT2D eigenvalue weighted by atomic mass is 9.89. The Kier molecular flexibility index (Phi) is 7.00. The molecule has 182 valence electrons. The monoisotopic (exact) mass is 483 g/mol. The second-order valence-corrected chi connectivity index (χ2v) is 10.9. The summed E-state index contributed by atoms with van der Waals surface area (Å²) in [6, 6.07) is 9.75. The van der Waals surface area contributed by atoms with Crippen molar-refractivity contribution in [2.75, 3.05) is 26.7 Å². The van der Waals surface area contributed by atoms with Crippen LogP contribution in [0.1, 0.15) is 47.4 Å². The molecule has 1 aliphatic heterocycles. The molecule has 0 atom stereocenters. The van der Waals surface area contributed by atoms with Crippen LogP contribution in [-0.2, 0) is 14.8 Å². The molecule has 7 nitrogen and oxygen atoms in total. The number of carbonyl (C=O) groups excluding carboxylic acids is 1. The van der Waals surface area contributed by atoms with Gasteiger partial charge in [0, 0.05) is 43.2 Å². The van der Waals surface area contributed by atoms with Crippen molar-refractivity contribution >= 4 is 26.8 Å². The zero-order valence-corrected chi connectivity index (χ0v) is 21.1. The van der Waals surface area contributed by atoms with Gasteiger partial charge in [-0.2, -0.15) is 0 Å². The molecule has 2 aromatic carbocycles. The molecule has 2 heterocycles. The number of ether oxygens (including phenoxy) is 1. The summed E-state index contributed by atoms with van der Waals surface area (Å²) in [5.41, 5.74) is 4.80. The minimum atomic E-state index is -3.66. The topological polar surface area (TPSA) is 91.5 Å². The van der Waals surface area contributed by atoms with Crippen LogP contribution in [0.5, 0.6) is 5.75 Å². The Hall–Kier alpha value is -2.84. The van der Waals surface area contributed by atoms with E-state index >= 15 is 0 Å². The first-order valence-corrected chi connectivity index (χ1v) is 13.2. The third-order valence-corrected chi connectivity index (χ3v) is 8.48. The van der Waals surface area contributed by atoms with E-state index in [4.69, 9.17) is 4.74 Å². The number of aromatic amines is 1. The molecule has 8 heteroatoms. The average Bonchev–Trinajstić information content (AvgIpc) is 3.21. The lowest BCUT2D eigenvalue weighted by Gasteiger charge is -2.32. The SMILES string of the molecule is COc1ccc2[nH]cc(C3CCN(C(=O)CCNS(=O)(=O)c4c(C)cc(C)cc4C)CC3)c2c1. The fraction of sp³-hybridized carbons (Fsp3) is 0.423. The number of likely N-dealkylation sites (tertiary alicyclic amines) is 1. The number of carbonyl (C=O) groups is 1. The minimum Gasteiger partial charge on any atom is -0.497 e. The van der Waals surface area contributed by atoms with Gasteiger partial charge in [0.15, 0.2) is 0 Å². The normalized spacial score (nSPS) is 15.1. The van der Waals surface area contributed by atoms with Gasteiger partial charge in [-0.25, -0.2) is 13.1 Å². The van der Waals surface area contributed by atoms with Gasteiger partial charge in [-0.1, -0.05) is 17.7 Å². The van der Waals surface area contributed by atoms with Crippen molar-refractivity contribution in [2.45, 2.75) is 50.8 Å². The predicted octanol–water partition coefficient (Wildman–Crippen LogP) is 4.18. The highest BCUT2D eigenvalue weighted by molar-refractivity contribution is 7.89. The molecule has 1 fully saturated rings. The van der Waals surface area contributed by atoms with Gasteiger partial charge < -0.3 is 14.6 Å². The first kappa shape index (κ1) is 24.3. The van der Waals surface area contributed by atoms with E-state index < -0.39 is 10.0 Å². The Balaban J connectivity index is 1.32. The van der Waals surface area contributed by atoms with E-state index in [1.807, 2.05) is 36.1 Å². The van der Waals surface area contributed by atoms with Gasteiger partial charge >= 0.3 is 0 Å². The number of rotatable bonds is 7. The third kappa shape index (κ3) is 4.98. The van der Waals surface area contributed by atoms with Crippen LogP contribution in [0, 0.1) is 20.8 Å². The Morgan fingerprint density at radius 1 is 1.12 bits per heavy atom. The molecule has 1 aliphatic rings. The number of nitrogens with zero attached hydrogens (tertiary/aromatic N) is 1. The molecule has 0 bridgehead atoms. The molecule has 0 saturated carbocycles. The highest BCUT2D eigenvalue weighted by Crippen LogP contribution is 2.34. The molecule has 2 N–H and O–H groups in total. The van der Waals surface area contributed by atoms with Crippen LogP contribution in [0.25, 0.3) is 10.9 Å². The zero-order valence-electron chi connectivity index (χ0n) is 20.3. The summed E-state index contributed by atoms with van der Waals surface area (Å²) >= 11 is 0. The van der Waals surface area contributed by atoms with Gasteiger partial charge in [0.2, 0.25) is 15.9 Å². The third-order valence-electron chi connectivity index (χ3n) is 6.71. The minimum absolute atomic E-state index is 0.0147. The molecule has 0 spiro atoms. The van der Waals surface area contributed by atoms with Crippen LogP contribution in [0.15, 0.2) is 41.4 Å². The number of fused-ring (bicyclic) bond motifs is 1. The molecule has 1 saturated heterocycles. The summed E-state index contributed by atoms with van der Waals surface area (Å²) in [5.74, 6) is 1.19. The lowest BCUT2D eigenvalue weighted by Crippen LogP contribution is -2.39. The smallest absolute Gasteiger partial charge is 0.241 e. The Labute approximate surface area is 201 Å². The van der Waals surface area contributed by atoms with Crippen molar-refractivity contribution in [2.24, 2.45) is 0 Å². The molecule has 34 heavy (non-hydrogen) atoms. The van der Waals surface area contributed by atoms with Crippen molar-refractivity contribution in [3.8, 4) is 5.75 Å². The first-order valence-electron chi connectivity index (χ1n) is 11.7. The van der Waals surface area contributed by atoms with Crippen molar-refractivity contribution in [3.63, 3.8) is 0 Å². The van der Waals surface area contributed by atoms with Gasteiger partial charge in [0.1, 0.15) is 5.75 Å². The van der Waals surface area contributed by atoms with Crippen molar-refractivity contribution in [3.05, 3.63) is 58.8 Å². The number of piperidine rings is 1. The average molecular weight is 484 g/mol. The molecule has 0 unspecified atom stereocenters. The second kappa shape index (κ2) is 9.80. The molecule has 0 aliphatic carbocycles. The number of nitrogens with one attached hydrogen (secondary N) is 2. The predicted molar refractivity (Wildman–Crippen MR) is 134 cm³/mol. The number of aromatic nitrogens is 1. The first-order chi connectivity index (χ1) is 16.2. The molecular formula is C26H33N3O4S. The zero-order chi connectivity index (χ0) is 24.5. The maximum absolute atomic E-state index is 12.8. The fourth-order valence-electron chi connectivity index (χ4n) is 5.14. The highest BCUT2D eigenvalue weighted by Gasteiger charge is 2.26. The summed E-state index contributed by atoms with van der Waals surface area (Å²) in [5, 5.41) is 1.17. The molecule has 3 aromatic rings. The van der Waals surface area contributed by atoms with Crippen molar-refractivity contribution in [1.29, 1.82) is 0 Å². The van der Waals surface area contributed by atoms with Crippen LogP contribution >= 0.6 is 0 Å². The molecule has 0 radical (unpaired) electrons. The number of sulfonamides is 1. The molecule has 1 aromatic heterocycles. The number of amides is 1. The summed E-state index contributed by atoms with van der Waals surface area (Å²) in [7, 11) is -2.00. The van der Waals surface area contributed by atoms with E-state index in [1.54, 1.807) is 21.0 Å². The summed E-state index contributed by atoms with van der Waals surface area (Å²) in [6.07, 6.45) is 3.97. The maximum atomic E-state index is 12.8. The van der Waals surface area contributed by atoms with Crippen LogP contribution in [0.4, 0.5) is 0 Å². The van der Waals surface area contributed by atoms with E-state index in [1.165, 1.54) is 10.9 Å². The molecular weight excluding hydrogens is 450 g/mol. The second-order valence-electron chi connectivity index (χ2n) is 9.19. The van der Waals surface area contributed by atoms with E-state index in [0.717, 1.165) is 29.7 Å². The standard InChI is InChI=1S/C26H33N3O4S/c1-17-13-18(2)26(19(3)14-17)34(31,32)28-10-7-25(30)29-11-8-20(9-12-29)23-16-27-24-6-5-21(33-4)15-22(23)24/h5-6,13-16,20,27-28H,7-12H2,1-4H3.